The summed E-state index contributed by atoms with van der Waals surface area (Å²) in [6, 6.07) is 13.5. The van der Waals surface area contributed by atoms with E-state index in [1.165, 1.54) is 0 Å². The smallest absolute Gasteiger partial charge is 0.255 e. The Morgan fingerprint density at radius 2 is 1.75 bits per heavy atom. The molecule has 0 saturated carbocycles. The van der Waals surface area contributed by atoms with Crippen molar-refractivity contribution in [3.05, 3.63) is 57.2 Å². The lowest BCUT2D eigenvalue weighted by Crippen LogP contribution is -2.14. The Morgan fingerprint density at radius 1 is 1.10 bits per heavy atom. The molecule has 0 spiro atoms. The fourth-order valence-corrected chi connectivity index (χ4v) is 2.35. The maximum absolute atomic E-state index is 12.2. The van der Waals surface area contributed by atoms with E-state index < -0.39 is 0 Å². The number of rotatable bonds is 3. The van der Waals surface area contributed by atoms with E-state index in [-0.39, 0.29) is 5.91 Å². The molecule has 4 heteroatoms. The highest BCUT2D eigenvalue weighted by molar-refractivity contribution is 14.1. The van der Waals surface area contributed by atoms with Crippen molar-refractivity contribution in [2.45, 2.75) is 6.92 Å². The molecule has 0 fully saturated rings. The number of carbonyl (C=O) groups excluding carboxylic acids is 1. The van der Waals surface area contributed by atoms with Crippen LogP contribution in [-0.2, 0) is 0 Å². The summed E-state index contributed by atoms with van der Waals surface area (Å²) >= 11 is 2.27. The number of amides is 1. The molecule has 104 valence electrons. The summed E-state index contributed by atoms with van der Waals surface area (Å²) in [5.74, 6) is -0.0830. The number of hydrogen-bond acceptors (Lipinski definition) is 2. The molecule has 0 unspecified atom stereocenters. The number of hydrogen-bond donors (Lipinski definition) is 1. The summed E-state index contributed by atoms with van der Waals surface area (Å²) < 4.78 is 1.14. The third-order valence-electron chi connectivity index (χ3n) is 3.16. The fourth-order valence-electron chi connectivity index (χ4n) is 1.85. The van der Waals surface area contributed by atoms with Crippen molar-refractivity contribution in [1.29, 1.82) is 0 Å². The van der Waals surface area contributed by atoms with E-state index in [0.717, 1.165) is 20.5 Å². The lowest BCUT2D eigenvalue weighted by molar-refractivity contribution is 0.102. The SMILES string of the molecule is Cc1c(I)cccc1NC(=O)c1ccc(N(C)C)cc1. The van der Waals surface area contributed by atoms with Crippen LogP contribution >= 0.6 is 22.6 Å². The van der Waals surface area contributed by atoms with Crippen LogP contribution in [0.4, 0.5) is 11.4 Å². The predicted molar refractivity (Wildman–Crippen MR) is 92.6 cm³/mol. The van der Waals surface area contributed by atoms with E-state index in [9.17, 15) is 4.79 Å². The minimum atomic E-state index is -0.0830. The summed E-state index contributed by atoms with van der Waals surface area (Å²) in [6.45, 7) is 2.01. The highest BCUT2D eigenvalue weighted by Crippen LogP contribution is 2.21. The van der Waals surface area contributed by atoms with Crippen LogP contribution in [0.1, 0.15) is 15.9 Å². The molecular formula is C16H17IN2O. The third kappa shape index (κ3) is 3.30. The van der Waals surface area contributed by atoms with Gasteiger partial charge in [-0.15, -0.1) is 0 Å². The Bertz CT molecular complexity index is 621. The number of nitrogens with zero attached hydrogens (tertiary/aromatic N) is 1. The summed E-state index contributed by atoms with van der Waals surface area (Å²) in [5.41, 5.74) is 3.69. The number of carbonyl (C=O) groups is 1. The van der Waals surface area contributed by atoms with Gasteiger partial charge in [0.2, 0.25) is 0 Å². The monoisotopic (exact) mass is 380 g/mol. The average Bonchev–Trinajstić information content (AvgIpc) is 2.44. The first-order chi connectivity index (χ1) is 9.49. The van der Waals surface area contributed by atoms with Gasteiger partial charge in [0.05, 0.1) is 0 Å². The van der Waals surface area contributed by atoms with Crippen LogP contribution in [0.15, 0.2) is 42.5 Å². The van der Waals surface area contributed by atoms with E-state index in [2.05, 4.69) is 27.9 Å². The molecule has 0 saturated heterocycles. The van der Waals surface area contributed by atoms with Crippen LogP contribution < -0.4 is 10.2 Å². The summed E-state index contributed by atoms with van der Waals surface area (Å²) in [6.07, 6.45) is 0. The molecule has 0 aromatic heterocycles. The minimum absolute atomic E-state index is 0.0830. The van der Waals surface area contributed by atoms with Gasteiger partial charge in [-0.1, -0.05) is 6.07 Å². The minimum Gasteiger partial charge on any atom is -0.378 e. The number of anilines is 2. The Morgan fingerprint density at radius 3 is 2.35 bits per heavy atom. The van der Waals surface area contributed by atoms with E-state index >= 15 is 0 Å². The van der Waals surface area contributed by atoms with Gasteiger partial charge in [-0.3, -0.25) is 4.79 Å². The van der Waals surface area contributed by atoms with Crippen molar-refractivity contribution < 1.29 is 4.79 Å². The first-order valence-corrected chi connectivity index (χ1v) is 7.41. The lowest BCUT2D eigenvalue weighted by atomic mass is 10.1. The zero-order valence-corrected chi connectivity index (χ0v) is 13.9. The Hall–Kier alpha value is -1.56. The van der Waals surface area contributed by atoms with Gasteiger partial charge in [0, 0.05) is 34.6 Å². The van der Waals surface area contributed by atoms with Crippen LogP contribution in [0.5, 0.6) is 0 Å². The zero-order chi connectivity index (χ0) is 14.7. The molecule has 2 aromatic carbocycles. The molecule has 2 aromatic rings. The number of halogens is 1. The van der Waals surface area contributed by atoms with Crippen molar-refractivity contribution in [2.75, 3.05) is 24.3 Å². The number of nitrogens with one attached hydrogen (secondary N) is 1. The predicted octanol–water partition coefficient (Wildman–Crippen LogP) is 3.92. The van der Waals surface area contributed by atoms with Gasteiger partial charge in [0.1, 0.15) is 0 Å². The second kappa shape index (κ2) is 6.26. The van der Waals surface area contributed by atoms with Crippen LogP contribution in [0.3, 0.4) is 0 Å². The van der Waals surface area contributed by atoms with Crippen molar-refractivity contribution in [1.82, 2.24) is 0 Å². The first-order valence-electron chi connectivity index (χ1n) is 6.33. The Kier molecular flexibility index (Phi) is 4.65. The summed E-state index contributed by atoms with van der Waals surface area (Å²) in [5, 5.41) is 2.96. The van der Waals surface area contributed by atoms with Crippen molar-refractivity contribution in [3.63, 3.8) is 0 Å². The van der Waals surface area contributed by atoms with Gasteiger partial charge >= 0.3 is 0 Å². The highest BCUT2D eigenvalue weighted by Gasteiger charge is 2.09. The second-order valence-electron chi connectivity index (χ2n) is 4.81. The van der Waals surface area contributed by atoms with Crippen LogP contribution in [0.2, 0.25) is 0 Å². The summed E-state index contributed by atoms with van der Waals surface area (Å²) in [7, 11) is 3.95. The zero-order valence-electron chi connectivity index (χ0n) is 11.8. The van der Waals surface area contributed by atoms with E-state index in [1.54, 1.807) is 0 Å². The summed E-state index contributed by atoms with van der Waals surface area (Å²) in [4.78, 5) is 14.2. The van der Waals surface area contributed by atoms with Gasteiger partial charge in [-0.05, 0) is 71.5 Å². The van der Waals surface area contributed by atoms with E-state index in [4.69, 9.17) is 0 Å². The van der Waals surface area contributed by atoms with Gasteiger partial charge in [-0.25, -0.2) is 0 Å². The topological polar surface area (TPSA) is 32.3 Å². The highest BCUT2D eigenvalue weighted by atomic mass is 127. The lowest BCUT2D eigenvalue weighted by Gasteiger charge is -2.13. The van der Waals surface area contributed by atoms with Crippen molar-refractivity contribution in [2.24, 2.45) is 0 Å². The van der Waals surface area contributed by atoms with Gasteiger partial charge in [-0.2, -0.15) is 0 Å². The molecule has 0 heterocycles. The molecule has 0 aliphatic carbocycles. The fraction of sp³-hybridized carbons (Fsp3) is 0.188. The molecule has 0 bridgehead atoms. The van der Waals surface area contributed by atoms with Gasteiger partial charge in [0.15, 0.2) is 0 Å². The second-order valence-corrected chi connectivity index (χ2v) is 5.97. The maximum Gasteiger partial charge on any atom is 0.255 e. The maximum atomic E-state index is 12.2. The third-order valence-corrected chi connectivity index (χ3v) is 4.33. The molecule has 2 rings (SSSR count). The van der Waals surface area contributed by atoms with Crippen molar-refractivity contribution >= 4 is 39.9 Å². The van der Waals surface area contributed by atoms with Gasteiger partial charge in [0.25, 0.3) is 5.91 Å². The molecule has 20 heavy (non-hydrogen) atoms. The van der Waals surface area contributed by atoms with E-state index in [0.29, 0.717) is 5.56 Å². The molecule has 0 atom stereocenters. The Balaban J connectivity index is 2.18. The molecule has 0 aliphatic heterocycles. The quantitative estimate of drug-likeness (QED) is 0.819. The van der Waals surface area contributed by atoms with Crippen LogP contribution in [0, 0.1) is 10.5 Å². The largest absolute Gasteiger partial charge is 0.378 e. The molecule has 3 nitrogen and oxygen atoms in total. The standard InChI is InChI=1S/C16H17IN2O/c1-11-14(17)5-4-6-15(11)18-16(20)12-7-9-13(10-8-12)19(2)3/h4-10H,1-3H3,(H,18,20). The normalized spacial score (nSPS) is 10.2. The van der Waals surface area contributed by atoms with E-state index in [1.807, 2.05) is 68.4 Å². The van der Waals surface area contributed by atoms with Gasteiger partial charge < -0.3 is 10.2 Å². The van der Waals surface area contributed by atoms with Crippen LogP contribution in [-0.4, -0.2) is 20.0 Å². The van der Waals surface area contributed by atoms with Crippen molar-refractivity contribution in [3.8, 4) is 0 Å². The molecule has 1 amide bonds. The molecule has 0 aliphatic rings. The van der Waals surface area contributed by atoms with Crippen LogP contribution in [0.25, 0.3) is 0 Å². The Labute approximate surface area is 133 Å². The molecule has 0 radical (unpaired) electrons. The number of benzene rings is 2. The molecule has 1 N–H and O–H groups in total. The molecular weight excluding hydrogens is 363 g/mol. The first kappa shape index (κ1) is 14.8. The average molecular weight is 380 g/mol.